The topological polar surface area (TPSA) is 86.7 Å². The molecule has 0 aromatic heterocycles. The van der Waals surface area contributed by atoms with E-state index >= 15 is 0 Å². The van der Waals surface area contributed by atoms with E-state index in [2.05, 4.69) is 0 Å². The van der Waals surface area contributed by atoms with Gasteiger partial charge < -0.3 is 9.47 Å². The number of Topliss-reactive ketones (excluding diaryl/α,β-unsaturated/α-hetero) is 2. The van der Waals surface area contributed by atoms with Crippen molar-refractivity contribution in [1.29, 1.82) is 0 Å². The highest BCUT2D eigenvalue weighted by molar-refractivity contribution is 6.27. The Kier molecular flexibility index (Phi) is 6.26. The number of hydrogen-bond donors (Lipinski definition) is 0. The van der Waals surface area contributed by atoms with Gasteiger partial charge in [-0.25, -0.2) is 0 Å². The Balaban J connectivity index is 2.98. The summed E-state index contributed by atoms with van der Waals surface area (Å²) in [5, 5.41) is 0. The van der Waals surface area contributed by atoms with Gasteiger partial charge in [0, 0.05) is 12.8 Å². The summed E-state index contributed by atoms with van der Waals surface area (Å²) in [7, 11) is 0. The molecule has 1 rings (SSSR count). The van der Waals surface area contributed by atoms with Crippen LogP contribution in [0.1, 0.15) is 59.8 Å². The van der Waals surface area contributed by atoms with Crippen molar-refractivity contribution in [1.82, 2.24) is 0 Å². The maximum Gasteiger partial charge on any atom is 0.328 e. The Labute approximate surface area is 130 Å². The summed E-state index contributed by atoms with van der Waals surface area (Å²) in [4.78, 5) is 48.7. The summed E-state index contributed by atoms with van der Waals surface area (Å²) < 4.78 is 10.3. The van der Waals surface area contributed by atoms with Crippen LogP contribution in [0.3, 0.4) is 0 Å². The molecule has 0 N–H and O–H groups in total. The zero-order valence-corrected chi connectivity index (χ0v) is 13.6. The number of carbonyl (C=O) groups is 4. The van der Waals surface area contributed by atoms with E-state index in [1.54, 1.807) is 13.8 Å². The molecule has 1 saturated carbocycles. The minimum Gasteiger partial charge on any atom is -0.463 e. The molecule has 0 bridgehead atoms. The monoisotopic (exact) mass is 312 g/mol. The van der Waals surface area contributed by atoms with E-state index in [1.165, 1.54) is 0 Å². The van der Waals surface area contributed by atoms with Crippen LogP contribution in [0.25, 0.3) is 0 Å². The van der Waals surface area contributed by atoms with Crippen molar-refractivity contribution in [3.05, 3.63) is 0 Å². The Morgan fingerprint density at radius 2 is 1.45 bits per heavy atom. The van der Waals surface area contributed by atoms with Crippen molar-refractivity contribution in [2.75, 3.05) is 0 Å². The quantitative estimate of drug-likeness (QED) is 0.527. The van der Waals surface area contributed by atoms with E-state index in [1.807, 2.05) is 13.8 Å². The number of esters is 2. The van der Waals surface area contributed by atoms with Crippen LogP contribution in [0.5, 0.6) is 0 Å². The van der Waals surface area contributed by atoms with E-state index in [9.17, 15) is 19.2 Å². The zero-order chi connectivity index (χ0) is 16.9. The highest BCUT2D eigenvalue weighted by atomic mass is 16.6. The van der Waals surface area contributed by atoms with E-state index < -0.39 is 41.4 Å². The van der Waals surface area contributed by atoms with Crippen LogP contribution in [-0.4, -0.2) is 35.7 Å². The summed E-state index contributed by atoms with van der Waals surface area (Å²) in [6, 6.07) is 0. The molecule has 124 valence electrons. The van der Waals surface area contributed by atoms with Crippen LogP contribution in [0.2, 0.25) is 0 Å². The predicted octanol–water partition coefficient (Wildman–Crippen LogP) is 1.98. The van der Waals surface area contributed by atoms with Gasteiger partial charge >= 0.3 is 11.9 Å². The molecule has 0 heterocycles. The zero-order valence-electron chi connectivity index (χ0n) is 13.6. The molecular weight excluding hydrogens is 288 g/mol. The predicted molar refractivity (Wildman–Crippen MR) is 78.0 cm³/mol. The van der Waals surface area contributed by atoms with E-state index in [0.717, 1.165) is 0 Å². The Bertz CT molecular complexity index is 451. The molecule has 2 unspecified atom stereocenters. The van der Waals surface area contributed by atoms with Gasteiger partial charge in [0.15, 0.2) is 17.0 Å². The molecule has 22 heavy (non-hydrogen) atoms. The molecule has 1 aliphatic rings. The molecule has 0 amide bonds. The van der Waals surface area contributed by atoms with Gasteiger partial charge in [-0.15, -0.1) is 0 Å². The second kappa shape index (κ2) is 7.51. The first-order chi connectivity index (χ1) is 10.3. The molecule has 0 aliphatic heterocycles. The third kappa shape index (κ3) is 3.72. The summed E-state index contributed by atoms with van der Waals surface area (Å²) in [5.74, 6) is -2.74. The van der Waals surface area contributed by atoms with Crippen molar-refractivity contribution < 1.29 is 28.7 Å². The molecule has 6 nitrogen and oxygen atoms in total. The second-order valence-electron chi connectivity index (χ2n) is 5.76. The molecule has 0 radical (unpaired) electrons. The SMILES string of the molecule is CCC(C)OC(=O)CC1(C(=O)OC(C)CC)C(=O)CCC1=O. The second-order valence-corrected chi connectivity index (χ2v) is 5.76. The molecule has 0 spiro atoms. The smallest absolute Gasteiger partial charge is 0.328 e. The fraction of sp³-hybridized carbons (Fsp3) is 0.750. The lowest BCUT2D eigenvalue weighted by Gasteiger charge is -2.25. The van der Waals surface area contributed by atoms with E-state index in [-0.39, 0.29) is 18.9 Å². The van der Waals surface area contributed by atoms with Gasteiger partial charge in [-0.3, -0.25) is 19.2 Å². The van der Waals surface area contributed by atoms with Crippen LogP contribution in [-0.2, 0) is 28.7 Å². The van der Waals surface area contributed by atoms with Crippen LogP contribution in [0, 0.1) is 5.41 Å². The summed E-state index contributed by atoms with van der Waals surface area (Å²) >= 11 is 0. The first kappa shape index (κ1) is 18.3. The normalized spacial score (nSPS) is 19.6. The fourth-order valence-corrected chi connectivity index (χ4v) is 2.24. The third-order valence-electron chi connectivity index (χ3n) is 4.08. The minimum absolute atomic E-state index is 0.0367. The molecule has 1 fully saturated rings. The first-order valence-electron chi connectivity index (χ1n) is 7.75. The average Bonchev–Trinajstić information content (AvgIpc) is 2.75. The number of carbonyl (C=O) groups excluding carboxylic acids is 4. The molecule has 2 atom stereocenters. The van der Waals surface area contributed by atoms with Crippen LogP contribution in [0.15, 0.2) is 0 Å². The van der Waals surface area contributed by atoms with Crippen molar-refractivity contribution in [2.45, 2.75) is 72.0 Å². The maximum absolute atomic E-state index is 12.4. The molecule has 0 saturated heterocycles. The van der Waals surface area contributed by atoms with Gasteiger partial charge in [0.2, 0.25) is 0 Å². The van der Waals surface area contributed by atoms with Crippen molar-refractivity contribution >= 4 is 23.5 Å². The summed E-state index contributed by atoms with van der Waals surface area (Å²) in [6.45, 7) is 7.05. The van der Waals surface area contributed by atoms with E-state index in [4.69, 9.17) is 9.47 Å². The number of hydrogen-bond acceptors (Lipinski definition) is 6. The van der Waals surface area contributed by atoms with Gasteiger partial charge in [0.05, 0.1) is 18.6 Å². The largest absolute Gasteiger partial charge is 0.463 e. The van der Waals surface area contributed by atoms with Gasteiger partial charge in [0.25, 0.3) is 0 Å². The lowest BCUT2D eigenvalue weighted by molar-refractivity contribution is -0.172. The summed E-state index contributed by atoms with van der Waals surface area (Å²) in [6.07, 6.45) is -0.224. The van der Waals surface area contributed by atoms with Crippen molar-refractivity contribution in [3.63, 3.8) is 0 Å². The van der Waals surface area contributed by atoms with Crippen LogP contribution < -0.4 is 0 Å². The van der Waals surface area contributed by atoms with E-state index in [0.29, 0.717) is 12.8 Å². The number of rotatable bonds is 7. The standard InChI is InChI=1S/C16H24O6/c1-5-10(3)21-14(19)9-16(12(17)7-8-13(16)18)15(20)22-11(4)6-2/h10-11H,5-9H2,1-4H3. The average molecular weight is 312 g/mol. The minimum atomic E-state index is -2.01. The lowest BCUT2D eigenvalue weighted by atomic mass is 9.80. The highest BCUT2D eigenvalue weighted by Gasteiger charge is 2.58. The van der Waals surface area contributed by atoms with Gasteiger partial charge in [-0.2, -0.15) is 0 Å². The fourth-order valence-electron chi connectivity index (χ4n) is 2.24. The van der Waals surface area contributed by atoms with Gasteiger partial charge in [0.1, 0.15) is 0 Å². The van der Waals surface area contributed by atoms with Gasteiger partial charge in [-0.1, -0.05) is 13.8 Å². The van der Waals surface area contributed by atoms with Crippen LogP contribution >= 0.6 is 0 Å². The number of ketones is 2. The summed E-state index contributed by atoms with van der Waals surface area (Å²) in [5.41, 5.74) is -2.01. The van der Waals surface area contributed by atoms with Crippen molar-refractivity contribution in [2.24, 2.45) is 5.41 Å². The number of ether oxygens (including phenoxy) is 2. The third-order valence-corrected chi connectivity index (χ3v) is 4.08. The van der Waals surface area contributed by atoms with Gasteiger partial charge in [-0.05, 0) is 26.7 Å². The Morgan fingerprint density at radius 3 is 1.91 bits per heavy atom. The molecular formula is C16H24O6. The Hall–Kier alpha value is -1.72. The molecule has 1 aliphatic carbocycles. The molecule has 6 heteroatoms. The van der Waals surface area contributed by atoms with Crippen molar-refractivity contribution in [3.8, 4) is 0 Å². The Morgan fingerprint density at radius 1 is 1.00 bits per heavy atom. The maximum atomic E-state index is 12.4. The molecule has 0 aromatic carbocycles. The molecule has 0 aromatic rings. The van der Waals surface area contributed by atoms with Crippen LogP contribution in [0.4, 0.5) is 0 Å². The highest BCUT2D eigenvalue weighted by Crippen LogP contribution is 2.37. The lowest BCUT2D eigenvalue weighted by Crippen LogP contribution is -2.45. The first-order valence-corrected chi connectivity index (χ1v) is 7.75.